The number of phenolic OH excluding ortho intramolecular Hbond substituents is 1. The monoisotopic (exact) mass is 530 g/mol. The summed E-state index contributed by atoms with van der Waals surface area (Å²) in [7, 11) is 2.30. The molecule has 1 aliphatic heterocycles. The molecule has 1 unspecified atom stereocenters. The Labute approximate surface area is 219 Å². The lowest BCUT2D eigenvalue weighted by Gasteiger charge is -2.58. The van der Waals surface area contributed by atoms with Crippen LogP contribution in [0.15, 0.2) is 42.5 Å². The van der Waals surface area contributed by atoms with Gasteiger partial charge in [0.1, 0.15) is 5.75 Å². The maximum atomic E-state index is 12.9. The van der Waals surface area contributed by atoms with E-state index in [-0.39, 0.29) is 23.5 Å². The van der Waals surface area contributed by atoms with Crippen LogP contribution in [0.2, 0.25) is 0 Å². The van der Waals surface area contributed by atoms with Gasteiger partial charge in [0, 0.05) is 23.1 Å². The van der Waals surface area contributed by atoms with Gasteiger partial charge in [-0.25, -0.2) is 4.79 Å². The molecule has 2 aromatic carbocycles. The third kappa shape index (κ3) is 5.00. The number of piperidine rings is 1. The van der Waals surface area contributed by atoms with Crippen molar-refractivity contribution in [3.8, 4) is 5.75 Å². The summed E-state index contributed by atoms with van der Waals surface area (Å²) < 4.78 is 31.7. The predicted octanol–water partition coefficient (Wildman–Crippen LogP) is 5.46. The zero-order valence-electron chi connectivity index (χ0n) is 21.3. The van der Waals surface area contributed by atoms with E-state index in [0.29, 0.717) is 11.5 Å². The molecule has 1 amide bonds. The van der Waals surface area contributed by atoms with Crippen LogP contribution < -0.4 is 5.32 Å². The van der Waals surface area contributed by atoms with Gasteiger partial charge in [-0.1, -0.05) is 31.0 Å². The molecule has 5 atom stereocenters. The fourth-order valence-electron chi connectivity index (χ4n) is 7.11. The number of carboxylic acids is 1. The molecule has 2 aromatic rings. The van der Waals surface area contributed by atoms with E-state index < -0.39 is 12.1 Å². The number of likely N-dealkylation sites (tertiary alicyclic amines) is 1. The molecule has 0 aromatic heterocycles. The molecule has 1 heterocycles. The molecule has 9 heteroatoms. The maximum Gasteiger partial charge on any atom is 0.490 e. The molecule has 3 aliphatic carbocycles. The Balaban J connectivity index is 0.000000374. The second-order valence-electron chi connectivity index (χ2n) is 11.2. The third-order valence-electron chi connectivity index (χ3n) is 9.07. The molecule has 1 saturated heterocycles. The Kier molecular flexibility index (Phi) is 6.92. The second kappa shape index (κ2) is 9.91. The minimum absolute atomic E-state index is 0.0346. The highest BCUT2D eigenvalue weighted by molar-refractivity contribution is 5.95. The predicted molar refractivity (Wildman–Crippen MR) is 136 cm³/mol. The van der Waals surface area contributed by atoms with E-state index in [2.05, 4.69) is 35.5 Å². The number of likely N-dealkylation sites (N-methyl/N-ethyl adjacent to an activating group) is 1. The van der Waals surface area contributed by atoms with Crippen molar-refractivity contribution in [3.63, 3.8) is 0 Å². The molecule has 4 aliphatic rings. The number of hydrogen-bond donors (Lipinski definition) is 3. The number of fused-ring (bicyclic) bond motifs is 1. The van der Waals surface area contributed by atoms with Crippen LogP contribution in [0, 0.1) is 11.8 Å². The van der Waals surface area contributed by atoms with Crippen molar-refractivity contribution in [2.24, 2.45) is 11.8 Å². The minimum atomic E-state index is -5.08. The number of anilines is 1. The number of aliphatic carboxylic acids is 1. The van der Waals surface area contributed by atoms with Crippen LogP contribution in [0.1, 0.15) is 61.1 Å². The van der Waals surface area contributed by atoms with Crippen molar-refractivity contribution < 1.29 is 33.0 Å². The number of aromatic hydroxyl groups is 1. The highest BCUT2D eigenvalue weighted by Gasteiger charge is 2.53. The van der Waals surface area contributed by atoms with Crippen LogP contribution in [-0.4, -0.2) is 52.8 Å². The molecule has 6 nitrogen and oxygen atoms in total. The fourth-order valence-corrected chi connectivity index (χ4v) is 7.11. The number of nitrogens with one attached hydrogen (secondary N) is 1. The average molecular weight is 531 g/mol. The molecule has 204 valence electrons. The van der Waals surface area contributed by atoms with Crippen LogP contribution in [0.4, 0.5) is 18.9 Å². The van der Waals surface area contributed by atoms with E-state index in [4.69, 9.17) is 9.90 Å². The fraction of sp³-hybridized carbons (Fsp3) is 0.517. The van der Waals surface area contributed by atoms with Gasteiger partial charge in [0.25, 0.3) is 0 Å². The Morgan fingerprint density at radius 2 is 1.79 bits per heavy atom. The van der Waals surface area contributed by atoms with Crippen molar-refractivity contribution in [2.75, 3.05) is 18.9 Å². The second-order valence-corrected chi connectivity index (χ2v) is 11.2. The van der Waals surface area contributed by atoms with E-state index in [1.807, 2.05) is 12.1 Å². The van der Waals surface area contributed by atoms with Crippen molar-refractivity contribution in [1.82, 2.24) is 4.90 Å². The number of benzene rings is 2. The summed E-state index contributed by atoms with van der Waals surface area (Å²) in [6.45, 7) is 1.21. The zero-order valence-corrected chi connectivity index (χ0v) is 21.3. The van der Waals surface area contributed by atoms with Gasteiger partial charge in [0.15, 0.2) is 0 Å². The molecule has 0 spiro atoms. The number of alkyl halides is 3. The summed E-state index contributed by atoms with van der Waals surface area (Å²) in [5.74, 6) is -1.26. The van der Waals surface area contributed by atoms with E-state index in [9.17, 15) is 23.1 Å². The lowest BCUT2D eigenvalue weighted by atomic mass is 9.52. The van der Waals surface area contributed by atoms with E-state index >= 15 is 0 Å². The van der Waals surface area contributed by atoms with Crippen molar-refractivity contribution in [3.05, 3.63) is 59.2 Å². The number of hydrogen-bond acceptors (Lipinski definition) is 4. The number of carbonyl (C=O) groups is 2. The molecular weight excluding hydrogens is 497 g/mol. The van der Waals surface area contributed by atoms with Gasteiger partial charge in [-0.3, -0.25) is 4.79 Å². The third-order valence-corrected chi connectivity index (χ3v) is 9.07. The summed E-state index contributed by atoms with van der Waals surface area (Å²) in [4.78, 5) is 24.4. The number of rotatable bonds is 3. The Hall–Kier alpha value is -3.07. The Morgan fingerprint density at radius 1 is 1.08 bits per heavy atom. The van der Waals surface area contributed by atoms with Gasteiger partial charge >= 0.3 is 12.1 Å². The maximum absolute atomic E-state index is 12.9. The topological polar surface area (TPSA) is 89.9 Å². The Morgan fingerprint density at radius 3 is 2.47 bits per heavy atom. The summed E-state index contributed by atoms with van der Waals surface area (Å²) in [6, 6.07) is 14.7. The molecule has 2 saturated carbocycles. The van der Waals surface area contributed by atoms with E-state index in [1.54, 1.807) is 17.7 Å². The molecule has 3 N–H and O–H groups in total. The van der Waals surface area contributed by atoms with Crippen LogP contribution in [0.25, 0.3) is 0 Å². The highest BCUT2D eigenvalue weighted by atomic mass is 19.4. The number of amides is 1. The van der Waals surface area contributed by atoms with Crippen molar-refractivity contribution in [2.45, 2.75) is 68.5 Å². The molecule has 0 radical (unpaired) electrons. The van der Waals surface area contributed by atoms with Crippen LogP contribution in [0.3, 0.4) is 0 Å². The first-order valence-electron chi connectivity index (χ1n) is 13.2. The molecule has 38 heavy (non-hydrogen) atoms. The lowest BCUT2D eigenvalue weighted by Crippen LogP contribution is -2.59. The molecular formula is C29H33F3N2O4. The standard InChI is InChI=1S/C27H32N2O2.C2HF3O2/c1-29-13-12-27-11-3-2-4-24(27)25(29)15-18-14-19(7-10-23(18)27)28-26(31)22-16-21(22)17-5-8-20(30)9-6-17;3-2(4,5)1(6)7/h5-10,14,21-22,24-25,30H,2-4,11-13,15-16H2,1H3,(H,28,31);(H,6,7)/t21?,22-,24-,25+,27-;/m0./s1. The smallest absolute Gasteiger partial charge is 0.490 e. The minimum Gasteiger partial charge on any atom is -0.508 e. The summed E-state index contributed by atoms with van der Waals surface area (Å²) in [5, 5.41) is 19.8. The number of phenols is 1. The van der Waals surface area contributed by atoms with Crippen molar-refractivity contribution in [1.29, 1.82) is 0 Å². The van der Waals surface area contributed by atoms with Gasteiger partial charge in [0.2, 0.25) is 5.91 Å². The summed E-state index contributed by atoms with van der Waals surface area (Å²) in [5.41, 5.74) is 5.49. The number of halogens is 3. The first-order valence-corrected chi connectivity index (χ1v) is 13.2. The molecule has 2 bridgehead atoms. The first kappa shape index (κ1) is 26.5. The molecule has 3 fully saturated rings. The van der Waals surface area contributed by atoms with Crippen LogP contribution >= 0.6 is 0 Å². The van der Waals surface area contributed by atoms with Crippen molar-refractivity contribution >= 4 is 17.6 Å². The Bertz CT molecular complexity index is 1220. The first-order chi connectivity index (χ1) is 18.0. The quantitative estimate of drug-likeness (QED) is 0.491. The number of carboxylic acid groups (broad SMARTS) is 1. The lowest BCUT2D eigenvalue weighted by molar-refractivity contribution is -0.192. The SMILES string of the molecule is CN1CC[C@]23CCCC[C@H]2[C@H]1Cc1cc(NC(=O)[C@H]2CC2c2ccc(O)cc2)ccc13.O=C(O)C(F)(F)F. The zero-order chi connectivity index (χ0) is 27.2. The average Bonchev–Trinajstić information content (AvgIpc) is 3.68. The van der Waals surface area contributed by atoms with Gasteiger partial charge in [-0.2, -0.15) is 13.2 Å². The van der Waals surface area contributed by atoms with Crippen LogP contribution in [0.5, 0.6) is 5.75 Å². The van der Waals surface area contributed by atoms with Gasteiger partial charge in [-0.15, -0.1) is 0 Å². The van der Waals surface area contributed by atoms with E-state index in [1.165, 1.54) is 44.2 Å². The summed E-state index contributed by atoms with van der Waals surface area (Å²) >= 11 is 0. The van der Waals surface area contributed by atoms with E-state index in [0.717, 1.165) is 30.0 Å². The molecule has 6 rings (SSSR count). The summed E-state index contributed by atoms with van der Waals surface area (Å²) in [6.07, 6.45) is 3.62. The van der Waals surface area contributed by atoms with Gasteiger partial charge in [0.05, 0.1) is 0 Å². The van der Waals surface area contributed by atoms with Gasteiger partial charge < -0.3 is 20.4 Å². The van der Waals surface area contributed by atoms with Crippen LogP contribution in [-0.2, 0) is 21.4 Å². The largest absolute Gasteiger partial charge is 0.508 e. The van der Waals surface area contributed by atoms with Gasteiger partial charge in [-0.05, 0) is 98.5 Å². The number of nitrogens with zero attached hydrogens (tertiary/aromatic N) is 1. The highest BCUT2D eigenvalue weighted by Crippen LogP contribution is 2.56. The normalized spacial score (nSPS) is 29.7. The number of carbonyl (C=O) groups excluding carboxylic acids is 1.